The Balaban J connectivity index is 0.000000136. The Labute approximate surface area is 755 Å². The van der Waals surface area contributed by atoms with E-state index in [1.54, 1.807) is 0 Å². The van der Waals surface area contributed by atoms with Crippen LogP contribution in [0.15, 0.2) is 438 Å². The number of furan rings is 3. The highest BCUT2D eigenvalue weighted by Crippen LogP contribution is 2.48. The van der Waals surface area contributed by atoms with E-state index in [-0.39, 0.29) is 0 Å². The molecule has 0 saturated carbocycles. The van der Waals surface area contributed by atoms with E-state index in [4.69, 9.17) is 43.2 Å². The SMILES string of the molecule is c1ccc(-c2nc(-c3ccccc3)nc(-c3ccc(-c4ccc(-n5c6ccccc6c6cc(-c7ccc8c(c7)-c7cc9oc%10ccccc%10c9cc7C8)ccc65)cc4)cc3)n2)cc1.c1ccc(-c2nc(-c3ccccc3)nc(-c3ccc4c5ccccc5c5ccc(-n6c7ccccc7c7cc(-c8ccc9oc%10cc%11c(cc%10c9c8)oc8ccccc8%11)ccc76)cc5c4c3)n2)cc1. The molecular formula is C121H72N8O3. The highest BCUT2D eigenvalue weighted by Gasteiger charge is 2.26. The lowest BCUT2D eigenvalue weighted by Gasteiger charge is -2.15. The largest absolute Gasteiger partial charge is 0.456 e. The van der Waals surface area contributed by atoms with Crippen molar-refractivity contribution in [1.29, 1.82) is 0 Å². The van der Waals surface area contributed by atoms with E-state index in [0.29, 0.717) is 34.9 Å². The second-order valence-electron chi connectivity index (χ2n) is 34.3. The van der Waals surface area contributed by atoms with Crippen molar-refractivity contribution in [2.45, 2.75) is 6.42 Å². The van der Waals surface area contributed by atoms with Gasteiger partial charge in [-0.25, -0.2) is 29.9 Å². The van der Waals surface area contributed by atoms with Crippen molar-refractivity contribution < 1.29 is 13.3 Å². The van der Waals surface area contributed by atoms with E-state index in [9.17, 15) is 0 Å². The molecular weight excluding hydrogens is 1610 g/mol. The highest BCUT2D eigenvalue weighted by atomic mass is 16.3. The second-order valence-corrected chi connectivity index (χ2v) is 34.3. The number of nitrogens with zero attached hydrogens (tertiary/aromatic N) is 8. The first-order valence-corrected chi connectivity index (χ1v) is 44.6. The Kier molecular flexibility index (Phi) is 16.9. The van der Waals surface area contributed by atoms with Crippen molar-refractivity contribution in [3.8, 4) is 124 Å². The van der Waals surface area contributed by atoms with Gasteiger partial charge in [0.15, 0.2) is 34.9 Å². The Morgan fingerprint density at radius 3 is 0.992 bits per heavy atom. The molecule has 0 N–H and O–H groups in total. The van der Waals surface area contributed by atoms with Crippen LogP contribution in [0.1, 0.15) is 11.1 Å². The molecule has 614 valence electrons. The van der Waals surface area contributed by atoms with Crippen LogP contribution in [0.25, 0.3) is 266 Å². The minimum atomic E-state index is 0.629. The van der Waals surface area contributed by atoms with Crippen LogP contribution >= 0.6 is 0 Å². The minimum Gasteiger partial charge on any atom is -0.456 e. The van der Waals surface area contributed by atoms with Gasteiger partial charge in [-0.15, -0.1) is 0 Å². The van der Waals surface area contributed by atoms with Crippen molar-refractivity contribution >= 4 is 142 Å². The maximum Gasteiger partial charge on any atom is 0.164 e. The molecule has 0 atom stereocenters. The molecule has 20 aromatic carbocycles. The molecule has 0 amide bonds. The van der Waals surface area contributed by atoms with Crippen LogP contribution in [0, 0.1) is 0 Å². The predicted molar refractivity (Wildman–Crippen MR) is 540 cm³/mol. The van der Waals surface area contributed by atoms with Crippen molar-refractivity contribution in [2.24, 2.45) is 0 Å². The molecule has 27 aromatic rings. The van der Waals surface area contributed by atoms with Gasteiger partial charge in [-0.2, -0.15) is 0 Å². The zero-order chi connectivity index (χ0) is 86.6. The molecule has 28 rings (SSSR count). The van der Waals surface area contributed by atoms with Crippen molar-refractivity contribution in [1.82, 2.24) is 39.0 Å². The summed E-state index contributed by atoms with van der Waals surface area (Å²) in [5.41, 5.74) is 30.1. The highest BCUT2D eigenvalue weighted by molar-refractivity contribution is 6.27. The molecule has 1 aliphatic carbocycles. The van der Waals surface area contributed by atoms with Crippen LogP contribution in [0.2, 0.25) is 0 Å². The standard InChI is InChI=1S/C63H36N4O2.C58H36N4O/c1-3-13-37(14-4-1)61-64-62(38-15-5-2-6-16-38)66-63(65-61)41-23-27-45-43-17-7-8-18-44(43)46-28-26-42(34-50(46)49(45)33-41)67-55-21-11-9-19-47(55)51-31-39(24-29-56(51)67)40-25-30-58-52(32-40)54-36-59-53(35-60(54)69-58)48-20-10-12-22-57(48)68-59;1-3-11-38(12-4-1)56-59-57(39-13-5-2-6-14-39)61-58(60-56)40-21-19-36(20-22-40)37-25-28-45(29-26-37)62-52-17-9-7-15-46(52)50-33-42(27-30-53(50)62)41-23-24-43-31-44-34-51-47-16-8-10-18-54(47)63-55(51)35-49(44)48(43)32-41/h1-36H;1-30,32-35H,31H2. The van der Waals surface area contributed by atoms with Gasteiger partial charge in [0, 0.05) is 98.6 Å². The molecule has 7 aromatic heterocycles. The normalized spacial score (nSPS) is 12.1. The predicted octanol–water partition coefficient (Wildman–Crippen LogP) is 31.7. The Hall–Kier alpha value is -17.8. The smallest absolute Gasteiger partial charge is 0.164 e. The van der Waals surface area contributed by atoms with E-state index in [1.807, 2.05) is 146 Å². The lowest BCUT2D eigenvalue weighted by atomic mass is 9.93. The molecule has 0 aliphatic heterocycles. The molecule has 0 unspecified atom stereocenters. The van der Waals surface area contributed by atoms with Gasteiger partial charge in [0.1, 0.15) is 33.5 Å². The van der Waals surface area contributed by atoms with Crippen LogP contribution in [-0.4, -0.2) is 39.0 Å². The summed E-state index contributed by atoms with van der Waals surface area (Å²) in [7, 11) is 0. The fourth-order valence-electron chi connectivity index (χ4n) is 20.3. The fraction of sp³-hybridized carbons (Fsp3) is 0.00826. The summed E-state index contributed by atoms with van der Waals surface area (Å²) in [6.45, 7) is 0. The summed E-state index contributed by atoms with van der Waals surface area (Å²) in [5, 5.41) is 18.6. The minimum absolute atomic E-state index is 0.629. The average Bonchev–Trinajstić information content (AvgIpc) is 1.38. The average molecular weight is 1690 g/mol. The summed E-state index contributed by atoms with van der Waals surface area (Å²) in [4.78, 5) is 29.9. The van der Waals surface area contributed by atoms with Gasteiger partial charge in [-0.3, -0.25) is 0 Å². The Morgan fingerprint density at radius 1 is 0.159 bits per heavy atom. The number of hydrogen-bond acceptors (Lipinski definition) is 9. The molecule has 11 nitrogen and oxygen atoms in total. The van der Waals surface area contributed by atoms with E-state index in [1.165, 1.54) is 98.3 Å². The van der Waals surface area contributed by atoms with Gasteiger partial charge in [-0.05, 0) is 216 Å². The van der Waals surface area contributed by atoms with Crippen LogP contribution in [0.4, 0.5) is 0 Å². The summed E-state index contributed by atoms with van der Waals surface area (Å²) in [6, 6.07) is 150. The molecule has 7 heterocycles. The van der Waals surface area contributed by atoms with E-state index < -0.39 is 0 Å². The van der Waals surface area contributed by atoms with Gasteiger partial charge in [0.05, 0.1) is 22.1 Å². The maximum atomic E-state index is 6.45. The van der Waals surface area contributed by atoms with Crippen molar-refractivity contribution in [3.05, 3.63) is 436 Å². The van der Waals surface area contributed by atoms with Gasteiger partial charge in [0.25, 0.3) is 0 Å². The van der Waals surface area contributed by atoms with E-state index in [0.717, 1.165) is 150 Å². The number of para-hydroxylation sites is 4. The third-order valence-electron chi connectivity index (χ3n) is 26.7. The van der Waals surface area contributed by atoms with Gasteiger partial charge in [0.2, 0.25) is 0 Å². The quantitative estimate of drug-likeness (QED) is 0.116. The summed E-state index contributed by atoms with van der Waals surface area (Å²) < 4.78 is 23.8. The van der Waals surface area contributed by atoms with Crippen LogP contribution < -0.4 is 0 Å². The van der Waals surface area contributed by atoms with E-state index >= 15 is 0 Å². The number of benzene rings is 20. The van der Waals surface area contributed by atoms with Crippen LogP contribution in [0.3, 0.4) is 0 Å². The second kappa shape index (κ2) is 29.9. The molecule has 0 radical (unpaired) electrons. The topological polar surface area (TPSA) is 127 Å². The summed E-state index contributed by atoms with van der Waals surface area (Å²) in [6.07, 6.45) is 0.934. The van der Waals surface area contributed by atoms with Crippen LogP contribution in [0.5, 0.6) is 0 Å². The van der Waals surface area contributed by atoms with Gasteiger partial charge < -0.3 is 22.4 Å². The third-order valence-corrected chi connectivity index (χ3v) is 26.7. The first-order valence-electron chi connectivity index (χ1n) is 44.6. The number of rotatable bonds is 11. The van der Waals surface area contributed by atoms with Gasteiger partial charge >= 0.3 is 0 Å². The molecule has 11 heteroatoms. The molecule has 0 spiro atoms. The van der Waals surface area contributed by atoms with E-state index in [2.05, 4.69) is 288 Å². The molecule has 0 saturated heterocycles. The Morgan fingerprint density at radius 2 is 0.470 bits per heavy atom. The molecule has 1 aliphatic rings. The zero-order valence-electron chi connectivity index (χ0n) is 70.9. The molecule has 132 heavy (non-hydrogen) atoms. The summed E-state index contributed by atoms with van der Waals surface area (Å²) >= 11 is 0. The Bertz CT molecular complexity index is 9310. The van der Waals surface area contributed by atoms with Crippen LogP contribution in [-0.2, 0) is 6.42 Å². The maximum absolute atomic E-state index is 6.45. The zero-order valence-corrected chi connectivity index (χ0v) is 70.9. The monoisotopic (exact) mass is 1680 g/mol. The van der Waals surface area contributed by atoms with Crippen molar-refractivity contribution in [3.63, 3.8) is 0 Å². The number of aromatic nitrogens is 8. The van der Waals surface area contributed by atoms with Gasteiger partial charge in [-0.1, -0.05) is 303 Å². The van der Waals surface area contributed by atoms with Crippen molar-refractivity contribution in [2.75, 3.05) is 0 Å². The third kappa shape index (κ3) is 12.3. The molecule has 0 bridgehead atoms. The lowest BCUT2D eigenvalue weighted by molar-refractivity contribution is 0.664. The fourth-order valence-corrected chi connectivity index (χ4v) is 20.3. The first-order chi connectivity index (χ1) is 65.3. The number of hydrogen-bond donors (Lipinski definition) is 0. The molecule has 0 fully saturated rings. The lowest BCUT2D eigenvalue weighted by Crippen LogP contribution is -2.00. The summed E-state index contributed by atoms with van der Waals surface area (Å²) in [5.74, 6) is 3.86. The first kappa shape index (κ1) is 74.4. The number of fused-ring (bicyclic) bond motifs is 24.